The van der Waals surface area contributed by atoms with Gasteiger partial charge >= 0.3 is 0 Å². The molecule has 0 spiro atoms. The molecule has 2 aromatic rings. The quantitative estimate of drug-likeness (QED) is 0.922. The summed E-state index contributed by atoms with van der Waals surface area (Å²) in [6.45, 7) is 5.36. The van der Waals surface area contributed by atoms with Crippen molar-refractivity contribution in [1.82, 2.24) is 10.3 Å². The van der Waals surface area contributed by atoms with Gasteiger partial charge in [0, 0.05) is 4.88 Å². The standard InChI is InChI=1S/C9H11N3O3S2/c1-5-4-8(16-7(5)3)17(13,14)12-9-6(2)10-15-11-9/h4H,1-3H3,(H,11,12). The summed E-state index contributed by atoms with van der Waals surface area (Å²) >= 11 is 1.22. The van der Waals surface area contributed by atoms with Gasteiger partial charge in [-0.2, -0.15) is 0 Å². The summed E-state index contributed by atoms with van der Waals surface area (Å²) in [7, 11) is -3.60. The van der Waals surface area contributed by atoms with Crippen molar-refractivity contribution in [2.24, 2.45) is 0 Å². The van der Waals surface area contributed by atoms with Gasteiger partial charge in [-0.15, -0.1) is 11.3 Å². The predicted octanol–water partition coefficient (Wildman–Crippen LogP) is 1.86. The molecule has 0 aliphatic carbocycles. The number of thiophene rings is 1. The van der Waals surface area contributed by atoms with Gasteiger partial charge in [0.1, 0.15) is 9.90 Å². The molecular weight excluding hydrogens is 262 g/mol. The van der Waals surface area contributed by atoms with Crippen molar-refractivity contribution >= 4 is 27.2 Å². The van der Waals surface area contributed by atoms with Gasteiger partial charge in [-0.1, -0.05) is 5.16 Å². The maximum Gasteiger partial charge on any atom is 0.272 e. The van der Waals surface area contributed by atoms with Crippen LogP contribution < -0.4 is 4.72 Å². The Morgan fingerprint density at radius 2 is 2.00 bits per heavy atom. The third kappa shape index (κ3) is 2.32. The summed E-state index contributed by atoms with van der Waals surface area (Å²) in [5.41, 5.74) is 1.35. The van der Waals surface area contributed by atoms with Crippen LogP contribution in [0.5, 0.6) is 0 Å². The molecule has 6 nitrogen and oxygen atoms in total. The highest BCUT2D eigenvalue weighted by Gasteiger charge is 2.20. The van der Waals surface area contributed by atoms with Gasteiger partial charge in [-0.3, -0.25) is 4.72 Å². The van der Waals surface area contributed by atoms with Crippen LogP contribution in [0, 0.1) is 20.8 Å². The van der Waals surface area contributed by atoms with Crippen molar-refractivity contribution < 1.29 is 13.0 Å². The van der Waals surface area contributed by atoms with Crippen LogP contribution in [0.3, 0.4) is 0 Å². The summed E-state index contributed by atoms with van der Waals surface area (Å²) in [6.07, 6.45) is 0. The smallest absolute Gasteiger partial charge is 0.258 e. The van der Waals surface area contributed by atoms with Gasteiger partial charge in [0.15, 0.2) is 0 Å². The van der Waals surface area contributed by atoms with Crippen molar-refractivity contribution in [3.8, 4) is 0 Å². The highest BCUT2D eigenvalue weighted by atomic mass is 32.2. The zero-order chi connectivity index (χ0) is 12.6. The van der Waals surface area contributed by atoms with Crippen molar-refractivity contribution in [2.45, 2.75) is 25.0 Å². The molecule has 0 aliphatic heterocycles. The predicted molar refractivity (Wildman–Crippen MR) is 63.6 cm³/mol. The number of aryl methyl sites for hydroxylation is 3. The Morgan fingerprint density at radius 3 is 2.47 bits per heavy atom. The summed E-state index contributed by atoms with van der Waals surface area (Å²) in [5, 5.41) is 6.99. The number of aromatic nitrogens is 2. The Bertz CT molecular complexity index is 623. The first-order chi connectivity index (χ1) is 7.90. The highest BCUT2D eigenvalue weighted by Crippen LogP contribution is 2.26. The number of anilines is 1. The second-order valence-electron chi connectivity index (χ2n) is 3.61. The lowest BCUT2D eigenvalue weighted by Gasteiger charge is -2.01. The zero-order valence-electron chi connectivity index (χ0n) is 9.51. The Kier molecular flexibility index (Phi) is 2.92. The molecule has 0 radical (unpaired) electrons. The molecule has 2 aromatic heterocycles. The lowest BCUT2D eigenvalue weighted by atomic mass is 10.3. The second-order valence-corrected chi connectivity index (χ2v) is 6.77. The molecule has 2 heterocycles. The van der Waals surface area contributed by atoms with Gasteiger partial charge in [-0.05, 0) is 37.6 Å². The molecule has 0 unspecified atom stereocenters. The summed E-state index contributed by atoms with van der Waals surface area (Å²) in [5.74, 6) is 0.119. The van der Waals surface area contributed by atoms with Crippen LogP contribution in [-0.2, 0) is 10.0 Å². The highest BCUT2D eigenvalue weighted by molar-refractivity contribution is 7.94. The molecule has 0 atom stereocenters. The van der Waals surface area contributed by atoms with Crippen LogP contribution in [0.25, 0.3) is 0 Å². The minimum Gasteiger partial charge on any atom is -0.258 e. The molecule has 0 bridgehead atoms. The van der Waals surface area contributed by atoms with Crippen molar-refractivity contribution in [3.63, 3.8) is 0 Å². The molecule has 0 saturated carbocycles. The van der Waals surface area contributed by atoms with Crippen LogP contribution in [0.15, 0.2) is 14.9 Å². The van der Waals surface area contributed by atoms with E-state index in [0.717, 1.165) is 10.4 Å². The SMILES string of the molecule is Cc1cc(S(=O)(=O)Nc2nonc2C)sc1C. The number of hydrogen-bond donors (Lipinski definition) is 1. The summed E-state index contributed by atoms with van der Waals surface area (Å²) in [4.78, 5) is 0.973. The second kappa shape index (κ2) is 4.11. The third-order valence-corrected chi connectivity index (χ3v) is 5.26. The fourth-order valence-corrected chi connectivity index (χ4v) is 3.74. The lowest BCUT2D eigenvalue weighted by Crippen LogP contribution is -2.12. The molecule has 8 heteroatoms. The topological polar surface area (TPSA) is 85.1 Å². The monoisotopic (exact) mass is 273 g/mol. The minimum atomic E-state index is -3.60. The molecule has 0 fully saturated rings. The van der Waals surface area contributed by atoms with E-state index in [1.165, 1.54) is 11.3 Å². The van der Waals surface area contributed by atoms with Gasteiger partial charge < -0.3 is 0 Å². The third-order valence-electron chi connectivity index (χ3n) is 2.29. The average Bonchev–Trinajstić information content (AvgIpc) is 2.76. The first kappa shape index (κ1) is 12.1. The fourth-order valence-electron chi connectivity index (χ4n) is 1.17. The molecule has 0 aliphatic rings. The van der Waals surface area contributed by atoms with E-state index in [9.17, 15) is 8.42 Å². The summed E-state index contributed by atoms with van der Waals surface area (Å²) in [6, 6.07) is 1.63. The average molecular weight is 273 g/mol. The fraction of sp³-hybridized carbons (Fsp3) is 0.333. The van der Waals surface area contributed by atoms with E-state index in [1.54, 1.807) is 13.0 Å². The molecule has 17 heavy (non-hydrogen) atoms. The van der Waals surface area contributed by atoms with Gasteiger partial charge in [0.25, 0.3) is 10.0 Å². The van der Waals surface area contributed by atoms with Gasteiger partial charge in [0.05, 0.1) is 0 Å². The number of sulfonamides is 1. The molecule has 1 N–H and O–H groups in total. The van der Waals surface area contributed by atoms with Gasteiger partial charge in [-0.25, -0.2) is 13.0 Å². The van der Waals surface area contributed by atoms with Crippen LogP contribution in [0.4, 0.5) is 5.82 Å². The Morgan fingerprint density at radius 1 is 1.29 bits per heavy atom. The minimum absolute atomic E-state index is 0.119. The van der Waals surface area contributed by atoms with Crippen molar-refractivity contribution in [1.29, 1.82) is 0 Å². The molecule has 0 aromatic carbocycles. The van der Waals surface area contributed by atoms with E-state index >= 15 is 0 Å². The van der Waals surface area contributed by atoms with E-state index in [1.807, 2.05) is 13.8 Å². The van der Waals surface area contributed by atoms with E-state index in [0.29, 0.717) is 5.69 Å². The van der Waals surface area contributed by atoms with Crippen molar-refractivity contribution in [2.75, 3.05) is 4.72 Å². The Hall–Kier alpha value is -1.41. The molecular formula is C9H11N3O3S2. The zero-order valence-corrected chi connectivity index (χ0v) is 11.1. The Labute approximate surface area is 103 Å². The number of hydrogen-bond acceptors (Lipinski definition) is 6. The van der Waals surface area contributed by atoms with E-state index in [4.69, 9.17) is 0 Å². The van der Waals surface area contributed by atoms with Crippen LogP contribution in [0.2, 0.25) is 0 Å². The normalized spacial score (nSPS) is 11.7. The lowest BCUT2D eigenvalue weighted by molar-refractivity contribution is 0.306. The van der Waals surface area contributed by atoms with E-state index < -0.39 is 10.0 Å². The van der Waals surface area contributed by atoms with Crippen LogP contribution in [-0.4, -0.2) is 18.7 Å². The van der Waals surface area contributed by atoms with Crippen molar-refractivity contribution in [3.05, 3.63) is 22.2 Å². The number of nitrogens with zero attached hydrogens (tertiary/aromatic N) is 2. The number of nitrogens with one attached hydrogen (secondary N) is 1. The molecule has 92 valence electrons. The Balaban J connectivity index is 2.35. The maximum atomic E-state index is 12.0. The first-order valence-corrected chi connectivity index (χ1v) is 7.09. The summed E-state index contributed by atoms with van der Waals surface area (Å²) < 4.78 is 31.0. The largest absolute Gasteiger partial charge is 0.272 e. The molecule has 0 saturated heterocycles. The van der Waals surface area contributed by atoms with Crippen LogP contribution >= 0.6 is 11.3 Å². The van der Waals surface area contributed by atoms with Gasteiger partial charge in [0.2, 0.25) is 5.82 Å². The first-order valence-electron chi connectivity index (χ1n) is 4.79. The number of rotatable bonds is 3. The molecule has 2 rings (SSSR count). The maximum absolute atomic E-state index is 12.0. The van der Waals surface area contributed by atoms with Crippen LogP contribution in [0.1, 0.15) is 16.1 Å². The van der Waals surface area contributed by atoms with E-state index in [-0.39, 0.29) is 10.0 Å². The van der Waals surface area contributed by atoms with E-state index in [2.05, 4.69) is 19.7 Å². The molecule has 0 amide bonds.